The minimum atomic E-state index is -0.186. The van der Waals surface area contributed by atoms with Crippen LogP contribution in [0.15, 0.2) is 17.8 Å². The van der Waals surface area contributed by atoms with Gasteiger partial charge in [0.25, 0.3) is 0 Å². The number of hydrogen-bond donors (Lipinski definition) is 1. The molecular weight excluding hydrogens is 166 g/mol. The summed E-state index contributed by atoms with van der Waals surface area (Å²) in [5.41, 5.74) is 0. The van der Waals surface area contributed by atoms with Crippen molar-refractivity contribution in [3.63, 3.8) is 0 Å². The summed E-state index contributed by atoms with van der Waals surface area (Å²) < 4.78 is 0. The Balaban J connectivity index is 0. The fourth-order valence-corrected chi connectivity index (χ4v) is 0.770. The smallest absolute Gasteiger partial charge is 0.326 e. The lowest BCUT2D eigenvalue weighted by molar-refractivity contribution is 0.230. The van der Waals surface area contributed by atoms with Gasteiger partial charge in [0.05, 0.1) is 6.34 Å². The van der Waals surface area contributed by atoms with Crippen molar-refractivity contribution in [3.8, 4) is 0 Å². The van der Waals surface area contributed by atoms with Crippen molar-refractivity contribution in [2.45, 2.75) is 19.8 Å². The number of carbonyl (C=O) groups is 1. The van der Waals surface area contributed by atoms with Crippen LogP contribution in [0.1, 0.15) is 21.2 Å². The molecule has 0 saturated carbocycles. The van der Waals surface area contributed by atoms with E-state index in [0.29, 0.717) is 6.54 Å². The van der Waals surface area contributed by atoms with E-state index >= 15 is 0 Å². The van der Waals surface area contributed by atoms with Crippen LogP contribution < -0.4 is 5.32 Å². The predicted octanol–water partition coefficient (Wildman–Crippen LogP) is 1.85. The maximum atomic E-state index is 11.3. The third-order valence-corrected chi connectivity index (χ3v) is 1.48. The van der Waals surface area contributed by atoms with Gasteiger partial charge in [-0.3, -0.25) is 9.89 Å². The summed E-state index contributed by atoms with van der Waals surface area (Å²) in [7, 11) is 1.61. The summed E-state index contributed by atoms with van der Waals surface area (Å²) in [5.74, 6) is 0. The summed E-state index contributed by atoms with van der Waals surface area (Å²) in [4.78, 5) is 16.3. The summed E-state index contributed by atoms with van der Waals surface area (Å²) in [6, 6.07) is -0.186. The van der Waals surface area contributed by atoms with Crippen molar-refractivity contribution in [2.24, 2.45) is 4.99 Å². The van der Waals surface area contributed by atoms with Crippen LogP contribution in [0.5, 0.6) is 0 Å². The van der Waals surface area contributed by atoms with Crippen molar-refractivity contribution in [3.05, 3.63) is 12.8 Å². The van der Waals surface area contributed by atoms with Gasteiger partial charge in [0, 0.05) is 21.2 Å². The Morgan fingerprint density at radius 3 is 2.92 bits per heavy atom. The number of nitrogens with zero attached hydrogens (tertiary/aromatic N) is 2. The molecule has 0 bridgehead atoms. The summed E-state index contributed by atoms with van der Waals surface area (Å²) in [5, 5.41) is 2.74. The molecule has 0 aromatic heterocycles. The zero-order valence-corrected chi connectivity index (χ0v) is 8.29. The van der Waals surface area contributed by atoms with Gasteiger partial charge in [0.15, 0.2) is 0 Å². The molecule has 0 radical (unpaired) electrons. The molecule has 0 fully saturated rings. The van der Waals surface area contributed by atoms with Gasteiger partial charge in [0.2, 0.25) is 0 Å². The van der Waals surface area contributed by atoms with Crippen LogP contribution in [0, 0.1) is 0 Å². The first-order valence-electron chi connectivity index (χ1n) is 4.37. The number of amides is 2. The molecule has 0 aliphatic heterocycles. The molecule has 0 atom stereocenters. The average Bonchev–Trinajstić information content (AvgIpc) is 2.14. The summed E-state index contributed by atoms with van der Waals surface area (Å²) in [6.07, 6.45) is 4.90. The van der Waals surface area contributed by atoms with Crippen LogP contribution in [0.2, 0.25) is 0 Å². The highest BCUT2D eigenvalue weighted by Gasteiger charge is 2.04. The molecule has 0 aromatic rings. The molecule has 0 aliphatic rings. The van der Waals surface area contributed by atoms with Gasteiger partial charge in [0.1, 0.15) is 0 Å². The van der Waals surface area contributed by atoms with Gasteiger partial charge in [-0.15, -0.1) is 0 Å². The average molecular weight is 185 g/mol. The number of carbonyl (C=O) groups excluding carboxylic acids is 1. The second kappa shape index (κ2) is 7.34. The maximum absolute atomic E-state index is 11.3. The van der Waals surface area contributed by atoms with Crippen LogP contribution in [-0.2, 0) is 0 Å². The number of unbranched alkanes of at least 4 members (excludes halogenated alkanes) is 1. The normalized spacial score (nSPS) is 10.0. The van der Waals surface area contributed by atoms with Crippen LogP contribution in [-0.4, -0.2) is 30.9 Å². The first kappa shape index (κ1) is 11.7. The quantitative estimate of drug-likeness (QED) is 0.396. The third-order valence-electron chi connectivity index (χ3n) is 1.48. The topological polar surface area (TPSA) is 44.7 Å². The van der Waals surface area contributed by atoms with E-state index in [2.05, 4.69) is 23.8 Å². The van der Waals surface area contributed by atoms with E-state index in [-0.39, 0.29) is 7.46 Å². The molecule has 76 valence electrons. The van der Waals surface area contributed by atoms with E-state index in [9.17, 15) is 4.79 Å². The van der Waals surface area contributed by atoms with Crippen molar-refractivity contribution in [2.75, 3.05) is 13.6 Å². The van der Waals surface area contributed by atoms with Crippen molar-refractivity contribution >= 4 is 12.4 Å². The molecular formula is C9H19N3O. The first-order chi connectivity index (χ1) is 6.26. The Bertz CT molecular complexity index is 194. The highest BCUT2D eigenvalue weighted by Crippen LogP contribution is 1.88. The maximum Gasteiger partial charge on any atom is 0.326 e. The SMILES string of the molecule is C=CN(C=NC)C(=O)NCCCC.[HH]. The summed E-state index contributed by atoms with van der Waals surface area (Å²) in [6.45, 7) is 6.27. The highest BCUT2D eigenvalue weighted by molar-refractivity contribution is 5.87. The minimum absolute atomic E-state index is 0. The Labute approximate surface area is 80.8 Å². The number of urea groups is 1. The lowest BCUT2D eigenvalue weighted by Crippen LogP contribution is -2.35. The molecule has 4 heteroatoms. The third kappa shape index (κ3) is 5.00. The summed E-state index contributed by atoms with van der Waals surface area (Å²) >= 11 is 0. The molecule has 13 heavy (non-hydrogen) atoms. The van der Waals surface area contributed by atoms with E-state index in [4.69, 9.17) is 0 Å². The van der Waals surface area contributed by atoms with Crippen molar-refractivity contribution < 1.29 is 6.22 Å². The Hall–Kier alpha value is -1.32. The van der Waals surface area contributed by atoms with E-state index in [1.54, 1.807) is 7.05 Å². The zero-order chi connectivity index (χ0) is 10.1. The predicted molar refractivity (Wildman–Crippen MR) is 56.9 cm³/mol. The minimum Gasteiger partial charge on any atom is -0.337 e. The van der Waals surface area contributed by atoms with E-state index in [0.717, 1.165) is 12.8 Å². The molecule has 0 spiro atoms. The van der Waals surface area contributed by atoms with E-state index in [1.807, 2.05) is 0 Å². The molecule has 1 N–H and O–H groups in total. The number of hydrogen-bond acceptors (Lipinski definition) is 2. The van der Waals surface area contributed by atoms with Gasteiger partial charge in [-0.05, 0) is 6.42 Å². The fraction of sp³-hybridized carbons (Fsp3) is 0.556. The van der Waals surface area contributed by atoms with Crippen LogP contribution in [0.25, 0.3) is 0 Å². The van der Waals surface area contributed by atoms with Crippen molar-refractivity contribution in [1.29, 1.82) is 0 Å². The van der Waals surface area contributed by atoms with Gasteiger partial charge in [-0.2, -0.15) is 0 Å². The first-order valence-corrected chi connectivity index (χ1v) is 4.37. The largest absolute Gasteiger partial charge is 0.337 e. The standard InChI is InChI=1S/C9H17N3O.H2/c1-4-6-7-11-9(13)12(5-2)8-10-3;/h5,8H,2,4,6-7H2,1,3H3,(H,11,13);1H. The van der Waals surface area contributed by atoms with Crippen LogP contribution in [0.4, 0.5) is 4.79 Å². The molecule has 4 nitrogen and oxygen atoms in total. The number of nitrogens with one attached hydrogen (secondary N) is 1. The lowest BCUT2D eigenvalue weighted by atomic mass is 10.3. The lowest BCUT2D eigenvalue weighted by Gasteiger charge is -2.12. The van der Waals surface area contributed by atoms with Gasteiger partial charge in [-0.25, -0.2) is 4.79 Å². The van der Waals surface area contributed by atoms with E-state index in [1.165, 1.54) is 17.4 Å². The zero-order valence-electron chi connectivity index (χ0n) is 8.29. The molecule has 0 aliphatic carbocycles. The second-order valence-corrected chi connectivity index (χ2v) is 2.55. The molecule has 2 amide bonds. The molecule has 0 unspecified atom stereocenters. The Kier molecular flexibility index (Phi) is 6.59. The van der Waals surface area contributed by atoms with E-state index < -0.39 is 0 Å². The number of aliphatic imine (C=N–C) groups is 1. The molecule has 0 heterocycles. The van der Waals surface area contributed by atoms with Gasteiger partial charge >= 0.3 is 6.03 Å². The van der Waals surface area contributed by atoms with Crippen molar-refractivity contribution in [1.82, 2.24) is 10.2 Å². The highest BCUT2D eigenvalue weighted by atomic mass is 16.2. The molecule has 0 saturated heterocycles. The van der Waals surface area contributed by atoms with Crippen LogP contribution in [0.3, 0.4) is 0 Å². The Morgan fingerprint density at radius 2 is 2.46 bits per heavy atom. The second-order valence-electron chi connectivity index (χ2n) is 2.55. The number of rotatable bonds is 5. The van der Waals surface area contributed by atoms with Gasteiger partial charge < -0.3 is 5.32 Å². The van der Waals surface area contributed by atoms with Gasteiger partial charge in [-0.1, -0.05) is 19.9 Å². The monoisotopic (exact) mass is 185 g/mol. The fourth-order valence-electron chi connectivity index (χ4n) is 0.770. The van der Waals surface area contributed by atoms with Crippen LogP contribution >= 0.6 is 0 Å². The molecule has 0 rings (SSSR count). The molecule has 0 aromatic carbocycles. The Morgan fingerprint density at radius 1 is 1.77 bits per heavy atom.